The second-order valence-electron chi connectivity index (χ2n) is 6.05. The Bertz CT molecular complexity index is 1180. The predicted octanol–water partition coefficient (Wildman–Crippen LogP) is 3.96. The number of hydrogen-bond donors (Lipinski definition) is 2. The first kappa shape index (κ1) is 20.6. The Balaban J connectivity index is 1.87. The molecule has 0 saturated heterocycles. The molecule has 1 aromatic heterocycles. The van der Waals surface area contributed by atoms with Crippen molar-refractivity contribution in [2.24, 2.45) is 5.10 Å². The summed E-state index contributed by atoms with van der Waals surface area (Å²) in [7, 11) is 0. The maximum absolute atomic E-state index is 12.4. The molecule has 152 valence electrons. The first-order chi connectivity index (χ1) is 14.3. The summed E-state index contributed by atoms with van der Waals surface area (Å²) < 4.78 is 41.1. The maximum Gasteiger partial charge on any atom is 0.573 e. The highest BCUT2D eigenvalue weighted by Crippen LogP contribution is 2.24. The minimum atomic E-state index is -4.80. The molecule has 10 heteroatoms. The van der Waals surface area contributed by atoms with Gasteiger partial charge < -0.3 is 4.74 Å². The number of hydrazone groups is 1. The molecule has 2 aromatic carbocycles. The minimum absolute atomic E-state index is 0.0329. The molecule has 0 aliphatic rings. The van der Waals surface area contributed by atoms with Crippen LogP contribution in [0.15, 0.2) is 58.4 Å². The van der Waals surface area contributed by atoms with Gasteiger partial charge in [-0.2, -0.15) is 10.4 Å². The highest BCUT2D eigenvalue weighted by molar-refractivity contribution is 5.82. The standard InChI is InChI=1S/C20H14F3N5O2/c1-12-7-8-15(30-20(21,22)23)9-14(12)11-25-28-19-26-17(13-5-3-2-4-6-13)16(10-24)18(29)27-19/h2-9,11H,1H3,(H2,26,27,28,29). The van der Waals surface area contributed by atoms with E-state index in [9.17, 15) is 23.2 Å². The first-order valence-corrected chi connectivity index (χ1v) is 8.52. The van der Waals surface area contributed by atoms with E-state index in [0.29, 0.717) is 16.7 Å². The monoisotopic (exact) mass is 413 g/mol. The average Bonchev–Trinajstić information content (AvgIpc) is 2.69. The largest absolute Gasteiger partial charge is 0.573 e. The van der Waals surface area contributed by atoms with E-state index in [-0.39, 0.29) is 23.0 Å². The highest BCUT2D eigenvalue weighted by atomic mass is 19.4. The number of alkyl halides is 3. The van der Waals surface area contributed by atoms with Crippen LogP contribution >= 0.6 is 0 Å². The highest BCUT2D eigenvalue weighted by Gasteiger charge is 2.31. The molecule has 0 amide bonds. The maximum atomic E-state index is 12.4. The second-order valence-corrected chi connectivity index (χ2v) is 6.05. The third-order valence-electron chi connectivity index (χ3n) is 3.94. The quantitative estimate of drug-likeness (QED) is 0.487. The van der Waals surface area contributed by atoms with Crippen molar-refractivity contribution in [1.29, 1.82) is 5.26 Å². The Morgan fingerprint density at radius 3 is 2.63 bits per heavy atom. The zero-order valence-electron chi connectivity index (χ0n) is 15.5. The van der Waals surface area contributed by atoms with Gasteiger partial charge >= 0.3 is 6.36 Å². The Labute approximate surface area is 168 Å². The van der Waals surface area contributed by atoms with E-state index in [4.69, 9.17) is 0 Å². The summed E-state index contributed by atoms with van der Waals surface area (Å²) >= 11 is 0. The van der Waals surface area contributed by atoms with E-state index in [1.165, 1.54) is 24.4 Å². The van der Waals surface area contributed by atoms with Crippen molar-refractivity contribution in [2.45, 2.75) is 13.3 Å². The van der Waals surface area contributed by atoms with Crippen LogP contribution in [0.1, 0.15) is 16.7 Å². The van der Waals surface area contributed by atoms with Gasteiger partial charge in [0.1, 0.15) is 17.4 Å². The Hall–Kier alpha value is -4.13. The third kappa shape index (κ3) is 5.02. The minimum Gasteiger partial charge on any atom is -0.406 e. The van der Waals surface area contributed by atoms with Crippen molar-refractivity contribution in [3.63, 3.8) is 0 Å². The van der Waals surface area contributed by atoms with Gasteiger partial charge in [-0.15, -0.1) is 13.2 Å². The number of aromatic nitrogens is 2. The van der Waals surface area contributed by atoms with Crippen molar-refractivity contribution in [1.82, 2.24) is 9.97 Å². The van der Waals surface area contributed by atoms with Crippen LogP contribution in [0.4, 0.5) is 19.1 Å². The molecule has 0 aliphatic carbocycles. The summed E-state index contributed by atoms with van der Waals surface area (Å²) in [5.74, 6) is -0.416. The summed E-state index contributed by atoms with van der Waals surface area (Å²) in [6, 6.07) is 14.3. The molecule has 30 heavy (non-hydrogen) atoms. The predicted molar refractivity (Wildman–Crippen MR) is 104 cm³/mol. The normalized spacial score (nSPS) is 11.3. The van der Waals surface area contributed by atoms with E-state index >= 15 is 0 Å². The molecule has 0 radical (unpaired) electrons. The molecule has 0 fully saturated rings. The van der Waals surface area contributed by atoms with Crippen molar-refractivity contribution in [3.05, 3.63) is 75.6 Å². The number of rotatable bonds is 5. The zero-order valence-corrected chi connectivity index (χ0v) is 15.5. The van der Waals surface area contributed by atoms with E-state index in [1.54, 1.807) is 37.3 Å². The number of hydrogen-bond acceptors (Lipinski definition) is 6. The number of ether oxygens (including phenoxy) is 1. The van der Waals surface area contributed by atoms with Crippen molar-refractivity contribution in [3.8, 4) is 23.1 Å². The van der Waals surface area contributed by atoms with Crippen molar-refractivity contribution in [2.75, 3.05) is 5.43 Å². The lowest BCUT2D eigenvalue weighted by atomic mass is 10.1. The summed E-state index contributed by atoms with van der Waals surface area (Å²) in [6.45, 7) is 1.69. The summed E-state index contributed by atoms with van der Waals surface area (Å²) in [6.07, 6.45) is -3.54. The molecule has 0 spiro atoms. The summed E-state index contributed by atoms with van der Waals surface area (Å²) in [4.78, 5) is 18.8. The molecule has 0 atom stereocenters. The molecule has 0 saturated carbocycles. The summed E-state index contributed by atoms with van der Waals surface area (Å²) in [5.41, 5.74) is 3.48. The van der Waals surface area contributed by atoms with Crippen LogP contribution in [0, 0.1) is 18.3 Å². The zero-order chi connectivity index (χ0) is 21.7. The third-order valence-corrected chi connectivity index (χ3v) is 3.94. The Morgan fingerprint density at radius 1 is 1.23 bits per heavy atom. The molecule has 2 N–H and O–H groups in total. The molecule has 3 aromatic rings. The number of aromatic amines is 1. The molecule has 1 heterocycles. The number of halogens is 3. The lowest BCUT2D eigenvalue weighted by Crippen LogP contribution is -2.17. The van der Waals surface area contributed by atoms with Crippen molar-refractivity contribution >= 4 is 12.2 Å². The number of anilines is 1. The summed E-state index contributed by atoms with van der Waals surface area (Å²) in [5, 5.41) is 13.2. The Kier molecular flexibility index (Phi) is 5.83. The molecule has 0 unspecified atom stereocenters. The van der Waals surface area contributed by atoms with Crippen LogP contribution < -0.4 is 15.7 Å². The lowest BCUT2D eigenvalue weighted by Gasteiger charge is -2.10. The number of aryl methyl sites for hydroxylation is 1. The Morgan fingerprint density at radius 2 is 1.97 bits per heavy atom. The van der Waals surface area contributed by atoms with Gasteiger partial charge in [0, 0.05) is 11.1 Å². The van der Waals surface area contributed by atoms with Gasteiger partial charge in [0.25, 0.3) is 5.56 Å². The van der Waals surface area contributed by atoms with E-state index < -0.39 is 11.9 Å². The van der Waals surface area contributed by atoms with Crippen LogP contribution in [-0.2, 0) is 0 Å². The molecular formula is C20H14F3N5O2. The van der Waals surface area contributed by atoms with E-state index in [0.717, 1.165) is 0 Å². The number of nitriles is 1. The van der Waals surface area contributed by atoms with Gasteiger partial charge in [-0.25, -0.2) is 10.4 Å². The van der Waals surface area contributed by atoms with E-state index in [1.807, 2.05) is 6.07 Å². The number of nitrogens with one attached hydrogen (secondary N) is 2. The van der Waals surface area contributed by atoms with Gasteiger partial charge in [-0.3, -0.25) is 9.78 Å². The topological polar surface area (TPSA) is 103 Å². The van der Waals surface area contributed by atoms with E-state index in [2.05, 4.69) is 25.2 Å². The molecule has 0 aliphatic heterocycles. The van der Waals surface area contributed by atoms with Gasteiger partial charge in [-0.05, 0) is 24.6 Å². The van der Waals surface area contributed by atoms with Gasteiger partial charge in [0.15, 0.2) is 0 Å². The number of nitrogens with zero attached hydrogens (tertiary/aromatic N) is 3. The smallest absolute Gasteiger partial charge is 0.406 e. The van der Waals surface area contributed by atoms with Gasteiger partial charge in [-0.1, -0.05) is 36.4 Å². The second kappa shape index (κ2) is 8.48. The SMILES string of the molecule is Cc1ccc(OC(F)(F)F)cc1C=NNc1nc(-c2ccccc2)c(C#N)c(=O)[nH]1. The van der Waals surface area contributed by atoms with Crippen LogP contribution in [-0.4, -0.2) is 22.5 Å². The molecule has 3 rings (SSSR count). The molecular weight excluding hydrogens is 399 g/mol. The van der Waals surface area contributed by atoms with Crippen LogP contribution in [0.5, 0.6) is 5.75 Å². The van der Waals surface area contributed by atoms with Crippen LogP contribution in [0.3, 0.4) is 0 Å². The fourth-order valence-electron chi connectivity index (χ4n) is 2.55. The van der Waals surface area contributed by atoms with Crippen LogP contribution in [0.25, 0.3) is 11.3 Å². The number of benzene rings is 2. The lowest BCUT2D eigenvalue weighted by molar-refractivity contribution is -0.274. The fraction of sp³-hybridized carbons (Fsp3) is 0.100. The number of H-pyrrole nitrogens is 1. The van der Waals surface area contributed by atoms with Gasteiger partial charge in [0.05, 0.1) is 11.9 Å². The molecule has 0 bridgehead atoms. The first-order valence-electron chi connectivity index (χ1n) is 8.52. The van der Waals surface area contributed by atoms with Crippen LogP contribution in [0.2, 0.25) is 0 Å². The molecule has 7 nitrogen and oxygen atoms in total. The van der Waals surface area contributed by atoms with Gasteiger partial charge in [0.2, 0.25) is 5.95 Å². The fourth-order valence-corrected chi connectivity index (χ4v) is 2.55. The average molecular weight is 413 g/mol. The van der Waals surface area contributed by atoms with Crippen molar-refractivity contribution < 1.29 is 17.9 Å².